The summed E-state index contributed by atoms with van der Waals surface area (Å²) in [5.41, 5.74) is 21.9. The van der Waals surface area contributed by atoms with E-state index in [4.69, 9.17) is 0 Å². The molecule has 0 saturated carbocycles. The van der Waals surface area contributed by atoms with Gasteiger partial charge in [0.25, 0.3) is 0 Å². The quantitative estimate of drug-likeness (QED) is 0.0941. The number of anilines is 6. The number of aryl methyl sites for hydroxylation is 6. The molecule has 54 heavy (non-hydrogen) atoms. The van der Waals surface area contributed by atoms with Crippen molar-refractivity contribution in [1.82, 2.24) is 0 Å². The van der Waals surface area contributed by atoms with E-state index < -0.39 is 0 Å². The molecule has 1 aliphatic rings. The van der Waals surface area contributed by atoms with Crippen LogP contribution >= 0.6 is 0 Å². The Morgan fingerprint density at radius 1 is 0.259 bits per heavy atom. The lowest BCUT2D eigenvalue weighted by atomic mass is 10.0. The first-order valence-corrected chi connectivity index (χ1v) is 19.2. The van der Waals surface area contributed by atoms with Gasteiger partial charge >= 0.3 is 0 Å². The standard InChI is InChI=1S/C48H54N6/c1-31-19-43-44(20-32(31)2)50-26-38-14-9-10-16-40(38)28-52-47-23-35(5)36(6)24-48(47)54-30-42-18-12-11-17-41(42)29-53-46-22-34(4)33(3)21-45(46)51-27-39-15-8-7-13-37(39)25-49-43/h7-24,49-54H,25-30H2,1-6H3. The fraction of sp³-hybridized carbons (Fsp3) is 0.250. The molecule has 6 nitrogen and oxygen atoms in total. The fourth-order valence-corrected chi connectivity index (χ4v) is 7.18. The Kier molecular flexibility index (Phi) is 11.1. The first-order valence-electron chi connectivity index (χ1n) is 19.2. The minimum Gasteiger partial charge on any atom is -0.379 e. The maximum atomic E-state index is 3.81. The molecule has 0 fully saturated rings. The van der Waals surface area contributed by atoms with Crippen molar-refractivity contribution in [3.05, 3.63) is 176 Å². The van der Waals surface area contributed by atoms with E-state index in [9.17, 15) is 0 Å². The van der Waals surface area contributed by atoms with Gasteiger partial charge in [0.2, 0.25) is 0 Å². The second-order valence-electron chi connectivity index (χ2n) is 14.9. The second-order valence-corrected chi connectivity index (χ2v) is 14.9. The molecular weight excluding hydrogens is 661 g/mol. The fourth-order valence-electron chi connectivity index (χ4n) is 7.18. The van der Waals surface area contributed by atoms with E-state index in [2.05, 4.69) is 183 Å². The predicted molar refractivity (Wildman–Crippen MR) is 231 cm³/mol. The van der Waals surface area contributed by atoms with E-state index in [-0.39, 0.29) is 0 Å². The smallest absolute Gasteiger partial charge is 0.0581 e. The Morgan fingerprint density at radius 3 is 0.556 bits per heavy atom. The minimum absolute atomic E-state index is 0.719. The van der Waals surface area contributed by atoms with Crippen LogP contribution < -0.4 is 31.9 Å². The monoisotopic (exact) mass is 714 g/mol. The third-order valence-electron chi connectivity index (χ3n) is 11.1. The van der Waals surface area contributed by atoms with E-state index in [0.717, 1.165) is 73.4 Å². The van der Waals surface area contributed by atoms with Gasteiger partial charge in [-0.1, -0.05) is 72.8 Å². The predicted octanol–water partition coefficient (Wildman–Crippen LogP) is 11.5. The molecule has 0 radical (unpaired) electrons. The number of benzene rings is 6. The van der Waals surface area contributed by atoms with Gasteiger partial charge in [-0.25, -0.2) is 0 Å². The first-order chi connectivity index (χ1) is 26.2. The lowest BCUT2D eigenvalue weighted by molar-refractivity contribution is 1.03. The van der Waals surface area contributed by atoms with Crippen LogP contribution in [0.1, 0.15) is 66.8 Å². The molecular formula is C48H54N6. The third kappa shape index (κ3) is 8.50. The zero-order chi connectivity index (χ0) is 37.6. The van der Waals surface area contributed by atoms with Gasteiger partial charge in [0, 0.05) is 39.3 Å². The normalized spacial score (nSPS) is 13.4. The van der Waals surface area contributed by atoms with Crippen LogP contribution in [-0.4, -0.2) is 0 Å². The number of rotatable bonds is 0. The second kappa shape index (κ2) is 16.4. The summed E-state index contributed by atoms with van der Waals surface area (Å²) in [6, 6.07) is 39.8. The summed E-state index contributed by atoms with van der Waals surface area (Å²) in [7, 11) is 0. The van der Waals surface area contributed by atoms with Crippen molar-refractivity contribution in [2.45, 2.75) is 80.8 Å². The molecule has 0 spiro atoms. The molecule has 0 unspecified atom stereocenters. The molecule has 1 aliphatic heterocycles. The highest BCUT2D eigenvalue weighted by Crippen LogP contribution is 2.32. The van der Waals surface area contributed by atoms with Crippen LogP contribution in [0.5, 0.6) is 0 Å². The van der Waals surface area contributed by atoms with Gasteiger partial charge in [0.05, 0.1) is 34.1 Å². The van der Waals surface area contributed by atoms with Gasteiger partial charge in [-0.3, -0.25) is 0 Å². The topological polar surface area (TPSA) is 72.2 Å². The Hall–Kier alpha value is -5.88. The molecule has 1 heterocycles. The zero-order valence-corrected chi connectivity index (χ0v) is 32.6. The van der Waals surface area contributed by atoms with Gasteiger partial charge in [-0.15, -0.1) is 0 Å². The average Bonchev–Trinajstić information content (AvgIpc) is 3.17. The lowest BCUT2D eigenvalue weighted by Gasteiger charge is -2.21. The van der Waals surface area contributed by atoms with Crippen molar-refractivity contribution in [2.24, 2.45) is 0 Å². The molecule has 0 atom stereocenters. The van der Waals surface area contributed by atoms with Crippen LogP contribution in [0.2, 0.25) is 0 Å². The molecule has 6 heteroatoms. The SMILES string of the molecule is Cc1cc2c(cc1C)NCc1ccccc1CNc1cc(C)c(C)cc1NCc1ccccc1CNc1cc(C)c(C)cc1NCc1ccccc1CN2. The van der Waals surface area contributed by atoms with Gasteiger partial charge in [0.15, 0.2) is 0 Å². The van der Waals surface area contributed by atoms with Crippen molar-refractivity contribution in [3.63, 3.8) is 0 Å². The molecule has 0 aromatic heterocycles. The molecule has 6 aromatic carbocycles. The van der Waals surface area contributed by atoms with E-state index in [0.29, 0.717) is 0 Å². The van der Waals surface area contributed by atoms with E-state index in [1.807, 2.05) is 0 Å². The van der Waals surface area contributed by atoms with Crippen molar-refractivity contribution >= 4 is 34.1 Å². The zero-order valence-electron chi connectivity index (χ0n) is 32.6. The summed E-state index contributed by atoms with van der Waals surface area (Å²) in [4.78, 5) is 0. The highest BCUT2D eigenvalue weighted by molar-refractivity contribution is 5.74. The van der Waals surface area contributed by atoms with Crippen LogP contribution in [0.25, 0.3) is 0 Å². The summed E-state index contributed by atoms with van der Waals surface area (Å²) < 4.78 is 0. The Balaban J connectivity index is 1.25. The van der Waals surface area contributed by atoms with Crippen LogP contribution in [0.4, 0.5) is 34.1 Å². The summed E-state index contributed by atoms with van der Waals surface area (Å²) in [5, 5.41) is 22.8. The largest absolute Gasteiger partial charge is 0.379 e. The number of fused-ring (bicyclic) bond motifs is 6. The summed E-state index contributed by atoms with van der Waals surface area (Å²) in [6.07, 6.45) is 0. The van der Waals surface area contributed by atoms with Crippen LogP contribution in [0.15, 0.2) is 109 Å². The van der Waals surface area contributed by atoms with Crippen molar-refractivity contribution in [3.8, 4) is 0 Å². The highest BCUT2D eigenvalue weighted by Gasteiger charge is 2.13. The van der Waals surface area contributed by atoms with Gasteiger partial charge in [0.1, 0.15) is 0 Å². The molecule has 0 bridgehead atoms. The lowest BCUT2D eigenvalue weighted by Crippen LogP contribution is -2.12. The van der Waals surface area contributed by atoms with Crippen molar-refractivity contribution in [1.29, 1.82) is 0 Å². The molecule has 0 aliphatic carbocycles. The number of hydrogen-bond donors (Lipinski definition) is 6. The highest BCUT2D eigenvalue weighted by atomic mass is 15.0. The van der Waals surface area contributed by atoms with E-state index in [1.54, 1.807) is 0 Å². The van der Waals surface area contributed by atoms with Crippen molar-refractivity contribution in [2.75, 3.05) is 31.9 Å². The minimum atomic E-state index is 0.719. The molecule has 6 N–H and O–H groups in total. The van der Waals surface area contributed by atoms with Crippen LogP contribution in [0.3, 0.4) is 0 Å². The van der Waals surface area contributed by atoms with E-state index in [1.165, 1.54) is 66.8 Å². The van der Waals surface area contributed by atoms with Crippen LogP contribution in [-0.2, 0) is 39.3 Å². The van der Waals surface area contributed by atoms with Crippen LogP contribution in [0, 0.1) is 41.5 Å². The summed E-state index contributed by atoms with van der Waals surface area (Å²) in [5.74, 6) is 0. The molecule has 0 saturated heterocycles. The summed E-state index contributed by atoms with van der Waals surface area (Å²) >= 11 is 0. The van der Waals surface area contributed by atoms with E-state index >= 15 is 0 Å². The van der Waals surface area contributed by atoms with Gasteiger partial charge < -0.3 is 31.9 Å². The summed E-state index contributed by atoms with van der Waals surface area (Å²) in [6.45, 7) is 17.4. The Morgan fingerprint density at radius 2 is 0.407 bits per heavy atom. The molecule has 7 rings (SSSR count). The molecule has 6 aromatic rings. The third-order valence-corrected chi connectivity index (χ3v) is 11.1. The Labute approximate surface area is 321 Å². The Bertz CT molecular complexity index is 1860. The van der Waals surface area contributed by atoms with Crippen molar-refractivity contribution < 1.29 is 0 Å². The average molecular weight is 715 g/mol. The number of hydrogen-bond acceptors (Lipinski definition) is 6. The number of nitrogens with one attached hydrogen (secondary N) is 6. The molecule has 0 amide bonds. The first kappa shape index (κ1) is 36.5. The maximum Gasteiger partial charge on any atom is 0.0581 e. The molecule has 276 valence electrons. The maximum absolute atomic E-state index is 3.81. The van der Waals surface area contributed by atoms with Gasteiger partial charge in [-0.2, -0.15) is 0 Å². The van der Waals surface area contributed by atoms with Gasteiger partial charge in [-0.05, 0) is 145 Å².